The standard InChI is InChI=1S/C11H12O2/c12-8-2-3-9(13)11-5-1-4-10(11,6-8)7-11/h1-3,5,8,12H,4,6-7H2. The largest absolute Gasteiger partial charge is 0.389 e. The van der Waals surface area contributed by atoms with Crippen LogP contribution in [-0.4, -0.2) is 17.0 Å². The normalized spacial score (nSPS) is 51.5. The first-order valence-electron chi connectivity index (χ1n) is 4.77. The summed E-state index contributed by atoms with van der Waals surface area (Å²) < 4.78 is 0. The van der Waals surface area contributed by atoms with Crippen molar-refractivity contribution in [1.82, 2.24) is 0 Å². The van der Waals surface area contributed by atoms with Gasteiger partial charge in [-0.15, -0.1) is 0 Å². The van der Waals surface area contributed by atoms with Gasteiger partial charge in [-0.25, -0.2) is 0 Å². The van der Waals surface area contributed by atoms with Gasteiger partial charge in [0.2, 0.25) is 0 Å². The van der Waals surface area contributed by atoms with Crippen molar-refractivity contribution in [2.75, 3.05) is 0 Å². The Kier molecular flexibility index (Phi) is 1.13. The lowest BCUT2D eigenvalue weighted by Crippen LogP contribution is -2.17. The van der Waals surface area contributed by atoms with E-state index in [0.29, 0.717) is 0 Å². The molecular formula is C11H12O2. The Balaban J connectivity index is 2.07. The zero-order valence-corrected chi connectivity index (χ0v) is 7.36. The van der Waals surface area contributed by atoms with E-state index in [1.165, 1.54) is 0 Å². The van der Waals surface area contributed by atoms with Crippen LogP contribution in [0, 0.1) is 10.8 Å². The van der Waals surface area contributed by atoms with E-state index < -0.39 is 6.10 Å². The number of rotatable bonds is 0. The van der Waals surface area contributed by atoms with E-state index in [4.69, 9.17) is 0 Å². The van der Waals surface area contributed by atoms with Crippen LogP contribution < -0.4 is 0 Å². The van der Waals surface area contributed by atoms with Crippen LogP contribution in [0.15, 0.2) is 24.3 Å². The Labute approximate surface area is 76.9 Å². The van der Waals surface area contributed by atoms with Crippen molar-refractivity contribution in [3.63, 3.8) is 0 Å². The first kappa shape index (κ1) is 7.51. The molecule has 3 rings (SSSR count). The van der Waals surface area contributed by atoms with Crippen molar-refractivity contribution in [1.29, 1.82) is 0 Å². The smallest absolute Gasteiger partial charge is 0.165 e. The number of allylic oxidation sites excluding steroid dienone is 3. The van der Waals surface area contributed by atoms with Gasteiger partial charge < -0.3 is 5.11 Å². The average molecular weight is 176 g/mol. The third-order valence-electron chi connectivity index (χ3n) is 3.86. The lowest BCUT2D eigenvalue weighted by Gasteiger charge is -2.15. The molecule has 3 unspecified atom stereocenters. The molecule has 0 aromatic rings. The van der Waals surface area contributed by atoms with Crippen LogP contribution in [0.25, 0.3) is 0 Å². The van der Waals surface area contributed by atoms with Crippen LogP contribution in [-0.2, 0) is 4.79 Å². The summed E-state index contributed by atoms with van der Waals surface area (Å²) in [6, 6.07) is 0. The van der Waals surface area contributed by atoms with E-state index in [0.717, 1.165) is 19.3 Å². The van der Waals surface area contributed by atoms with Gasteiger partial charge >= 0.3 is 0 Å². The second-order valence-electron chi connectivity index (χ2n) is 4.53. The fourth-order valence-corrected chi connectivity index (χ4v) is 3.05. The Morgan fingerprint density at radius 3 is 3.23 bits per heavy atom. The van der Waals surface area contributed by atoms with Gasteiger partial charge in [0.15, 0.2) is 5.78 Å². The average Bonchev–Trinajstić information content (AvgIpc) is 2.61. The summed E-state index contributed by atoms with van der Waals surface area (Å²) in [7, 11) is 0. The molecule has 1 N–H and O–H groups in total. The minimum Gasteiger partial charge on any atom is -0.389 e. The van der Waals surface area contributed by atoms with E-state index in [-0.39, 0.29) is 16.6 Å². The van der Waals surface area contributed by atoms with Crippen molar-refractivity contribution in [3.8, 4) is 0 Å². The molecular weight excluding hydrogens is 164 g/mol. The molecule has 2 heteroatoms. The SMILES string of the molecule is O=C1C=CC(O)CC23CC=CC12C3. The lowest BCUT2D eigenvalue weighted by molar-refractivity contribution is -0.118. The van der Waals surface area contributed by atoms with E-state index in [2.05, 4.69) is 12.2 Å². The minimum atomic E-state index is -0.423. The molecule has 0 radical (unpaired) electrons. The molecule has 0 spiro atoms. The van der Waals surface area contributed by atoms with Crippen molar-refractivity contribution in [2.45, 2.75) is 25.4 Å². The molecule has 0 aromatic heterocycles. The van der Waals surface area contributed by atoms with Gasteiger partial charge in [0.25, 0.3) is 0 Å². The van der Waals surface area contributed by atoms with Crippen LogP contribution in [0.2, 0.25) is 0 Å². The summed E-state index contributed by atoms with van der Waals surface area (Å²) in [6.07, 6.45) is 9.60. The van der Waals surface area contributed by atoms with Crippen LogP contribution >= 0.6 is 0 Å². The monoisotopic (exact) mass is 176 g/mol. The maximum Gasteiger partial charge on any atom is 0.165 e. The molecule has 3 aliphatic carbocycles. The van der Waals surface area contributed by atoms with Gasteiger partial charge in [0.1, 0.15) is 0 Å². The minimum absolute atomic E-state index is 0.0903. The number of hydrogen-bond acceptors (Lipinski definition) is 2. The van der Waals surface area contributed by atoms with Crippen molar-refractivity contribution < 1.29 is 9.90 Å². The van der Waals surface area contributed by atoms with Gasteiger partial charge in [0.05, 0.1) is 11.5 Å². The quantitative estimate of drug-likeness (QED) is 0.563. The molecule has 0 amide bonds. The van der Waals surface area contributed by atoms with E-state index in [1.54, 1.807) is 12.2 Å². The number of carbonyl (C=O) groups is 1. The summed E-state index contributed by atoms with van der Waals surface area (Å²) in [6.45, 7) is 0. The van der Waals surface area contributed by atoms with Crippen molar-refractivity contribution in [3.05, 3.63) is 24.3 Å². The molecule has 0 aliphatic heterocycles. The van der Waals surface area contributed by atoms with Crippen LogP contribution in [0.3, 0.4) is 0 Å². The Hall–Kier alpha value is -0.890. The molecule has 3 atom stereocenters. The van der Waals surface area contributed by atoms with Crippen molar-refractivity contribution in [2.24, 2.45) is 10.8 Å². The first-order chi connectivity index (χ1) is 6.19. The number of aliphatic hydroxyl groups excluding tert-OH is 1. The number of hydrogen-bond donors (Lipinski definition) is 1. The van der Waals surface area contributed by atoms with E-state index >= 15 is 0 Å². The van der Waals surface area contributed by atoms with Crippen LogP contribution in [0.1, 0.15) is 19.3 Å². The first-order valence-corrected chi connectivity index (χ1v) is 4.77. The summed E-state index contributed by atoms with van der Waals surface area (Å²) in [5.41, 5.74) is -0.117. The Morgan fingerprint density at radius 1 is 1.54 bits per heavy atom. The summed E-state index contributed by atoms with van der Waals surface area (Å²) in [5, 5.41) is 9.58. The second-order valence-corrected chi connectivity index (χ2v) is 4.53. The van der Waals surface area contributed by atoms with E-state index in [9.17, 15) is 9.90 Å². The molecule has 0 heterocycles. The van der Waals surface area contributed by atoms with Crippen LogP contribution in [0.4, 0.5) is 0 Å². The third kappa shape index (κ3) is 0.707. The van der Waals surface area contributed by atoms with Crippen LogP contribution in [0.5, 0.6) is 0 Å². The number of aliphatic hydroxyl groups is 1. The second kappa shape index (κ2) is 1.95. The van der Waals surface area contributed by atoms with Gasteiger partial charge in [0, 0.05) is 0 Å². The molecule has 68 valence electrons. The van der Waals surface area contributed by atoms with Gasteiger partial charge in [-0.2, -0.15) is 0 Å². The molecule has 1 fully saturated rings. The van der Waals surface area contributed by atoms with Gasteiger partial charge in [-0.1, -0.05) is 18.2 Å². The predicted octanol–water partition coefficient (Wildman–Crippen LogP) is 1.21. The summed E-state index contributed by atoms with van der Waals surface area (Å²) in [5.74, 6) is 0.192. The lowest BCUT2D eigenvalue weighted by atomic mass is 9.89. The number of carbonyl (C=O) groups excluding carboxylic acids is 1. The third-order valence-corrected chi connectivity index (χ3v) is 3.86. The zero-order chi connectivity index (χ0) is 9.10. The molecule has 0 aromatic carbocycles. The van der Waals surface area contributed by atoms with Gasteiger partial charge in [-0.05, 0) is 30.8 Å². The highest BCUT2D eigenvalue weighted by molar-refractivity contribution is 6.00. The highest BCUT2D eigenvalue weighted by Crippen LogP contribution is 2.73. The Morgan fingerprint density at radius 2 is 2.38 bits per heavy atom. The molecule has 2 nitrogen and oxygen atoms in total. The fourth-order valence-electron chi connectivity index (χ4n) is 3.05. The molecule has 0 saturated heterocycles. The van der Waals surface area contributed by atoms with Crippen molar-refractivity contribution >= 4 is 5.78 Å². The molecule has 13 heavy (non-hydrogen) atoms. The summed E-state index contributed by atoms with van der Waals surface area (Å²) in [4.78, 5) is 11.8. The fraction of sp³-hybridized carbons (Fsp3) is 0.545. The maximum absolute atomic E-state index is 11.8. The molecule has 1 saturated carbocycles. The van der Waals surface area contributed by atoms with E-state index in [1.807, 2.05) is 0 Å². The number of ketones is 1. The molecule has 0 bridgehead atoms. The maximum atomic E-state index is 11.8. The Bertz CT molecular complexity index is 342. The zero-order valence-electron chi connectivity index (χ0n) is 7.36. The highest BCUT2D eigenvalue weighted by atomic mass is 16.3. The highest BCUT2D eigenvalue weighted by Gasteiger charge is 2.71. The summed E-state index contributed by atoms with van der Waals surface area (Å²) >= 11 is 0. The topological polar surface area (TPSA) is 37.3 Å². The predicted molar refractivity (Wildman–Crippen MR) is 48.0 cm³/mol. The molecule has 3 aliphatic rings. The van der Waals surface area contributed by atoms with Gasteiger partial charge in [-0.3, -0.25) is 4.79 Å².